The lowest BCUT2D eigenvalue weighted by molar-refractivity contribution is -0.384. The van der Waals surface area contributed by atoms with Gasteiger partial charge >= 0.3 is 0 Å². The maximum absolute atomic E-state index is 11.0. The maximum Gasteiger partial charge on any atom is 0.294 e. The van der Waals surface area contributed by atoms with E-state index in [-0.39, 0.29) is 11.4 Å². The van der Waals surface area contributed by atoms with Crippen molar-refractivity contribution in [2.75, 3.05) is 7.11 Å². The second kappa shape index (κ2) is 5.97. The number of nitro benzene ring substituents is 1. The van der Waals surface area contributed by atoms with Gasteiger partial charge in [-0.1, -0.05) is 24.3 Å². The largest absolute Gasteiger partial charge is 0.481 e. The Bertz CT molecular complexity index is 651. The smallest absolute Gasteiger partial charge is 0.294 e. The van der Waals surface area contributed by atoms with Crippen LogP contribution in [0.25, 0.3) is 0 Å². The van der Waals surface area contributed by atoms with Gasteiger partial charge in [-0.25, -0.2) is 4.99 Å². The third kappa shape index (κ3) is 3.00. The van der Waals surface area contributed by atoms with Crippen molar-refractivity contribution in [1.29, 1.82) is 0 Å². The molecule has 2 aromatic rings. The molecule has 2 rings (SSSR count). The third-order valence-electron chi connectivity index (χ3n) is 2.76. The quantitative estimate of drug-likeness (QED) is 0.370. The number of ether oxygens (including phenoxy) is 1. The minimum atomic E-state index is -0.448. The molecule has 0 aliphatic carbocycles. The van der Waals surface area contributed by atoms with E-state index in [1.807, 2.05) is 37.3 Å². The molecule has 0 spiro atoms. The van der Waals surface area contributed by atoms with Crippen molar-refractivity contribution >= 4 is 17.3 Å². The Kier molecular flexibility index (Phi) is 4.10. The van der Waals surface area contributed by atoms with Crippen LogP contribution in [0.4, 0.5) is 11.4 Å². The highest BCUT2D eigenvalue weighted by Crippen LogP contribution is 2.29. The Morgan fingerprint density at radius 2 is 1.90 bits per heavy atom. The summed E-state index contributed by atoms with van der Waals surface area (Å²) >= 11 is 0. The Hall–Kier alpha value is -2.69. The second-order valence-corrected chi connectivity index (χ2v) is 4.24. The molecular weight excluding hydrogens is 256 g/mol. The van der Waals surface area contributed by atoms with Crippen LogP contribution in [0.3, 0.4) is 0 Å². The lowest BCUT2D eigenvalue weighted by Gasteiger charge is -2.06. The number of methoxy groups -OCH3 is 1. The molecule has 0 aliphatic rings. The average Bonchev–Trinajstić information content (AvgIpc) is 2.45. The van der Waals surface area contributed by atoms with Crippen LogP contribution >= 0.6 is 0 Å². The molecule has 0 amide bonds. The second-order valence-electron chi connectivity index (χ2n) is 4.24. The molecule has 0 heterocycles. The van der Waals surface area contributed by atoms with E-state index < -0.39 is 4.92 Å². The first-order valence-electron chi connectivity index (χ1n) is 6.05. The van der Waals surface area contributed by atoms with Gasteiger partial charge in [-0.2, -0.15) is 0 Å². The molecule has 0 fully saturated rings. The first-order valence-corrected chi connectivity index (χ1v) is 6.05. The monoisotopic (exact) mass is 270 g/mol. The number of benzene rings is 2. The summed E-state index contributed by atoms with van der Waals surface area (Å²) < 4.78 is 5.24. The van der Waals surface area contributed by atoms with Gasteiger partial charge in [0, 0.05) is 11.6 Å². The van der Waals surface area contributed by atoms with E-state index in [0.29, 0.717) is 5.90 Å². The Morgan fingerprint density at radius 1 is 1.20 bits per heavy atom. The zero-order valence-corrected chi connectivity index (χ0v) is 11.2. The highest BCUT2D eigenvalue weighted by Gasteiger charge is 2.14. The van der Waals surface area contributed by atoms with E-state index in [9.17, 15) is 10.1 Å². The molecule has 0 bridgehead atoms. The van der Waals surface area contributed by atoms with E-state index in [4.69, 9.17) is 4.74 Å². The number of hydrogen-bond acceptors (Lipinski definition) is 4. The fourth-order valence-electron chi connectivity index (χ4n) is 1.80. The van der Waals surface area contributed by atoms with Gasteiger partial charge in [0.1, 0.15) is 5.69 Å². The number of aliphatic imine (C=N–C) groups is 1. The van der Waals surface area contributed by atoms with E-state index in [0.717, 1.165) is 11.1 Å². The maximum atomic E-state index is 11.0. The Morgan fingerprint density at radius 3 is 2.50 bits per heavy atom. The molecule has 5 nitrogen and oxygen atoms in total. The summed E-state index contributed by atoms with van der Waals surface area (Å²) in [5, 5.41) is 11.0. The van der Waals surface area contributed by atoms with Crippen molar-refractivity contribution in [3.8, 4) is 0 Å². The molecule has 0 radical (unpaired) electrons. The van der Waals surface area contributed by atoms with Gasteiger partial charge in [-0.15, -0.1) is 0 Å². The van der Waals surface area contributed by atoms with Crippen LogP contribution in [0, 0.1) is 17.0 Å². The zero-order valence-electron chi connectivity index (χ0n) is 11.2. The number of nitro groups is 1. The minimum absolute atomic E-state index is 0.0407. The molecule has 102 valence electrons. The summed E-state index contributed by atoms with van der Waals surface area (Å²) in [5.74, 6) is 0.347. The van der Waals surface area contributed by atoms with Crippen LogP contribution in [-0.2, 0) is 4.74 Å². The molecule has 2 aromatic carbocycles. The summed E-state index contributed by atoms with van der Waals surface area (Å²) in [6, 6.07) is 14.1. The van der Waals surface area contributed by atoms with Crippen LogP contribution in [0.1, 0.15) is 11.1 Å². The first-order chi connectivity index (χ1) is 9.61. The van der Waals surface area contributed by atoms with Gasteiger partial charge in [0.15, 0.2) is 0 Å². The van der Waals surface area contributed by atoms with Crippen molar-refractivity contribution in [2.45, 2.75) is 6.92 Å². The fourth-order valence-corrected chi connectivity index (χ4v) is 1.80. The third-order valence-corrected chi connectivity index (χ3v) is 2.76. The van der Waals surface area contributed by atoms with E-state index in [1.165, 1.54) is 13.2 Å². The van der Waals surface area contributed by atoms with Crippen LogP contribution in [0.5, 0.6) is 0 Å². The van der Waals surface area contributed by atoms with Gasteiger partial charge in [0.2, 0.25) is 5.90 Å². The van der Waals surface area contributed by atoms with Crippen molar-refractivity contribution in [2.24, 2.45) is 4.99 Å². The van der Waals surface area contributed by atoms with E-state index in [2.05, 4.69) is 4.99 Å². The standard InChI is InChI=1S/C15H14N2O3/c1-11-8-9-14(17(18)19)13(10-11)16-15(20-2)12-6-4-3-5-7-12/h3-10H,1-2H3. The van der Waals surface area contributed by atoms with Crippen LogP contribution in [0.15, 0.2) is 53.5 Å². The number of rotatable bonds is 3. The van der Waals surface area contributed by atoms with E-state index in [1.54, 1.807) is 12.1 Å². The summed E-state index contributed by atoms with van der Waals surface area (Å²) in [6.07, 6.45) is 0. The van der Waals surface area contributed by atoms with Gasteiger partial charge in [0.25, 0.3) is 5.69 Å². The van der Waals surface area contributed by atoms with Crippen LogP contribution in [0.2, 0.25) is 0 Å². The molecule has 0 N–H and O–H groups in total. The minimum Gasteiger partial charge on any atom is -0.481 e. The van der Waals surface area contributed by atoms with Crippen molar-refractivity contribution in [3.63, 3.8) is 0 Å². The van der Waals surface area contributed by atoms with Crippen molar-refractivity contribution < 1.29 is 9.66 Å². The van der Waals surface area contributed by atoms with Gasteiger partial charge in [0.05, 0.1) is 12.0 Å². The van der Waals surface area contributed by atoms with Crippen molar-refractivity contribution in [3.05, 3.63) is 69.8 Å². The molecule has 0 saturated carbocycles. The molecule has 0 aliphatic heterocycles. The molecular formula is C15H14N2O3. The summed E-state index contributed by atoms with van der Waals surface area (Å²) in [7, 11) is 1.49. The fraction of sp³-hybridized carbons (Fsp3) is 0.133. The SMILES string of the molecule is COC(=Nc1cc(C)ccc1[N+](=O)[O-])c1ccccc1. The topological polar surface area (TPSA) is 64.7 Å². The van der Waals surface area contributed by atoms with Gasteiger partial charge < -0.3 is 4.74 Å². The highest BCUT2D eigenvalue weighted by molar-refractivity contribution is 5.96. The molecule has 0 atom stereocenters. The van der Waals surface area contributed by atoms with E-state index >= 15 is 0 Å². The van der Waals surface area contributed by atoms with Gasteiger partial charge in [-0.05, 0) is 30.7 Å². The lowest BCUT2D eigenvalue weighted by atomic mass is 10.2. The highest BCUT2D eigenvalue weighted by atomic mass is 16.6. The summed E-state index contributed by atoms with van der Waals surface area (Å²) in [6.45, 7) is 1.86. The number of aryl methyl sites for hydroxylation is 1. The van der Waals surface area contributed by atoms with Crippen molar-refractivity contribution in [1.82, 2.24) is 0 Å². The van der Waals surface area contributed by atoms with Crippen LogP contribution < -0.4 is 0 Å². The molecule has 0 saturated heterocycles. The Labute approximate surface area is 116 Å². The molecule has 0 unspecified atom stereocenters. The zero-order chi connectivity index (χ0) is 14.5. The van der Waals surface area contributed by atoms with Gasteiger partial charge in [-0.3, -0.25) is 10.1 Å². The summed E-state index contributed by atoms with van der Waals surface area (Å²) in [5.41, 5.74) is 1.92. The predicted octanol–water partition coefficient (Wildman–Crippen LogP) is 3.63. The average molecular weight is 270 g/mol. The molecule has 5 heteroatoms. The number of nitrogens with zero attached hydrogens (tertiary/aromatic N) is 2. The summed E-state index contributed by atoms with van der Waals surface area (Å²) in [4.78, 5) is 14.9. The molecule has 20 heavy (non-hydrogen) atoms. The lowest BCUT2D eigenvalue weighted by Crippen LogP contribution is -2.03. The van der Waals surface area contributed by atoms with Crippen LogP contribution in [-0.4, -0.2) is 17.9 Å². The normalized spacial score (nSPS) is 11.2. The predicted molar refractivity (Wildman–Crippen MR) is 77.5 cm³/mol. The Balaban J connectivity index is 2.52. The molecule has 0 aromatic heterocycles. The first kappa shape index (κ1) is 13.7. The number of hydrogen-bond donors (Lipinski definition) is 0.